The minimum Gasteiger partial charge on any atom is -0.0651 e. The van der Waals surface area contributed by atoms with Gasteiger partial charge in [0.15, 0.2) is 0 Å². The van der Waals surface area contributed by atoms with Crippen molar-refractivity contribution in [2.45, 2.75) is 111 Å². The predicted octanol–water partition coefficient (Wildman–Crippen LogP) is 7.62. The lowest BCUT2D eigenvalue weighted by Gasteiger charge is -2.37. The van der Waals surface area contributed by atoms with Crippen LogP contribution in [0.4, 0.5) is 0 Å². The Balaban J connectivity index is 0.000000211. The molecule has 0 N–H and O–H groups in total. The summed E-state index contributed by atoms with van der Waals surface area (Å²) in [6, 6.07) is 0. The topological polar surface area (TPSA) is 0 Å². The van der Waals surface area contributed by atoms with E-state index in [-0.39, 0.29) is 0 Å². The lowest BCUT2D eigenvalue weighted by Crippen LogP contribution is -2.25. The van der Waals surface area contributed by atoms with E-state index in [4.69, 9.17) is 0 Å². The molecular formula is C22H42. The minimum atomic E-state index is 1.02. The van der Waals surface area contributed by atoms with Crippen LogP contribution in [0.2, 0.25) is 0 Å². The molecule has 0 aliphatic heterocycles. The fourth-order valence-corrected chi connectivity index (χ4v) is 5.13. The summed E-state index contributed by atoms with van der Waals surface area (Å²) in [5, 5.41) is 0. The summed E-state index contributed by atoms with van der Waals surface area (Å²) in [6.07, 6.45) is 21.2. The zero-order valence-corrected chi connectivity index (χ0v) is 15.8. The Kier molecular flexibility index (Phi) is 8.33. The molecule has 0 saturated heterocycles. The van der Waals surface area contributed by atoms with Crippen molar-refractivity contribution in [1.29, 1.82) is 0 Å². The molecule has 0 amide bonds. The van der Waals surface area contributed by atoms with Gasteiger partial charge in [0.25, 0.3) is 0 Å². The van der Waals surface area contributed by atoms with E-state index in [0.29, 0.717) is 0 Å². The highest BCUT2D eigenvalue weighted by molar-refractivity contribution is 4.80. The van der Waals surface area contributed by atoms with Crippen LogP contribution in [0, 0.1) is 29.6 Å². The van der Waals surface area contributed by atoms with Crippen LogP contribution in [-0.4, -0.2) is 0 Å². The highest BCUT2D eigenvalue weighted by Crippen LogP contribution is 2.41. The standard InChI is InChI=1S/C15H28.C7H14/c1-3-13-6-10-15(11-7-13)14-8-4-12(2)5-9-14;1-7-5-3-2-4-6-7/h12-15H,3-11H2,1-2H3;7H,2-6H2,1H3. The first kappa shape index (κ1) is 18.3. The van der Waals surface area contributed by atoms with E-state index in [2.05, 4.69) is 20.8 Å². The SMILES string of the molecule is CC1CCCCC1.CCC1CCC(C2CCC(C)CC2)CC1. The molecule has 22 heavy (non-hydrogen) atoms. The first-order chi connectivity index (χ1) is 10.7. The normalized spacial score (nSPS) is 37.2. The second-order valence-corrected chi connectivity index (χ2v) is 8.95. The zero-order chi connectivity index (χ0) is 15.8. The number of hydrogen-bond donors (Lipinski definition) is 0. The van der Waals surface area contributed by atoms with Crippen LogP contribution in [0.15, 0.2) is 0 Å². The Morgan fingerprint density at radius 2 is 1.00 bits per heavy atom. The van der Waals surface area contributed by atoms with E-state index in [1.54, 1.807) is 25.7 Å². The Morgan fingerprint density at radius 3 is 1.41 bits per heavy atom. The van der Waals surface area contributed by atoms with Gasteiger partial charge in [-0.05, 0) is 55.3 Å². The second kappa shape index (κ2) is 9.99. The fourth-order valence-electron chi connectivity index (χ4n) is 5.13. The molecular weight excluding hydrogens is 264 g/mol. The molecule has 0 spiro atoms. The largest absolute Gasteiger partial charge is 0.0651 e. The maximum Gasteiger partial charge on any atom is -0.0386 e. The van der Waals surface area contributed by atoms with Crippen molar-refractivity contribution in [3.05, 3.63) is 0 Å². The molecule has 0 heteroatoms. The highest BCUT2D eigenvalue weighted by atomic mass is 14.3. The summed E-state index contributed by atoms with van der Waals surface area (Å²) in [6.45, 7) is 7.16. The van der Waals surface area contributed by atoms with Crippen LogP contribution in [0.1, 0.15) is 111 Å². The molecule has 3 rings (SSSR count). The van der Waals surface area contributed by atoms with Crippen LogP contribution in [-0.2, 0) is 0 Å². The highest BCUT2D eigenvalue weighted by Gasteiger charge is 2.29. The van der Waals surface area contributed by atoms with Gasteiger partial charge in [-0.15, -0.1) is 0 Å². The van der Waals surface area contributed by atoms with Gasteiger partial charge in [-0.2, -0.15) is 0 Å². The maximum absolute atomic E-state index is 2.43. The van der Waals surface area contributed by atoms with Crippen molar-refractivity contribution in [1.82, 2.24) is 0 Å². The van der Waals surface area contributed by atoms with Gasteiger partial charge in [-0.1, -0.05) is 85.0 Å². The number of hydrogen-bond acceptors (Lipinski definition) is 0. The molecule has 3 fully saturated rings. The third-order valence-electron chi connectivity index (χ3n) is 7.09. The Labute approximate surface area is 140 Å². The molecule has 0 aromatic carbocycles. The van der Waals surface area contributed by atoms with Crippen LogP contribution in [0.25, 0.3) is 0 Å². The summed E-state index contributed by atoms with van der Waals surface area (Å²) in [4.78, 5) is 0. The maximum atomic E-state index is 2.43. The van der Waals surface area contributed by atoms with Crippen LogP contribution >= 0.6 is 0 Å². The summed E-state index contributed by atoms with van der Waals surface area (Å²) >= 11 is 0. The van der Waals surface area contributed by atoms with Crippen molar-refractivity contribution >= 4 is 0 Å². The summed E-state index contributed by atoms with van der Waals surface area (Å²) in [5.41, 5.74) is 0. The van der Waals surface area contributed by atoms with Gasteiger partial charge in [0.05, 0.1) is 0 Å². The Morgan fingerprint density at radius 1 is 0.545 bits per heavy atom. The summed E-state index contributed by atoms with van der Waals surface area (Å²) in [5.74, 6) is 5.35. The lowest BCUT2D eigenvalue weighted by atomic mass is 9.69. The molecule has 0 nitrogen and oxygen atoms in total. The average Bonchev–Trinajstić information content (AvgIpc) is 2.57. The molecule has 0 radical (unpaired) electrons. The van der Waals surface area contributed by atoms with Crippen molar-refractivity contribution in [2.75, 3.05) is 0 Å². The smallest absolute Gasteiger partial charge is 0.0386 e. The van der Waals surface area contributed by atoms with E-state index in [0.717, 1.165) is 29.6 Å². The van der Waals surface area contributed by atoms with Crippen LogP contribution in [0.3, 0.4) is 0 Å². The molecule has 0 atom stereocenters. The van der Waals surface area contributed by atoms with E-state index in [9.17, 15) is 0 Å². The van der Waals surface area contributed by atoms with E-state index < -0.39 is 0 Å². The van der Waals surface area contributed by atoms with Crippen LogP contribution in [0.5, 0.6) is 0 Å². The molecule has 0 heterocycles. The Hall–Kier alpha value is 0. The third kappa shape index (κ3) is 6.25. The van der Waals surface area contributed by atoms with Gasteiger partial charge in [0.1, 0.15) is 0 Å². The summed E-state index contributed by atoms with van der Waals surface area (Å²) in [7, 11) is 0. The van der Waals surface area contributed by atoms with Gasteiger partial charge in [-0.3, -0.25) is 0 Å². The molecule has 3 aliphatic rings. The van der Waals surface area contributed by atoms with Gasteiger partial charge in [0.2, 0.25) is 0 Å². The average molecular weight is 307 g/mol. The zero-order valence-electron chi connectivity index (χ0n) is 15.8. The molecule has 3 aliphatic carbocycles. The predicted molar refractivity (Wildman–Crippen MR) is 99.1 cm³/mol. The quantitative estimate of drug-likeness (QED) is 0.492. The monoisotopic (exact) mass is 306 g/mol. The third-order valence-corrected chi connectivity index (χ3v) is 7.09. The van der Waals surface area contributed by atoms with Gasteiger partial charge in [0, 0.05) is 0 Å². The fraction of sp³-hybridized carbons (Fsp3) is 1.00. The summed E-state index contributed by atoms with van der Waals surface area (Å²) < 4.78 is 0. The van der Waals surface area contributed by atoms with Gasteiger partial charge >= 0.3 is 0 Å². The van der Waals surface area contributed by atoms with E-state index in [1.807, 2.05) is 0 Å². The van der Waals surface area contributed by atoms with Crippen molar-refractivity contribution in [2.24, 2.45) is 29.6 Å². The molecule has 0 aromatic heterocycles. The molecule has 130 valence electrons. The number of rotatable bonds is 2. The van der Waals surface area contributed by atoms with Crippen molar-refractivity contribution in [3.8, 4) is 0 Å². The molecule has 0 unspecified atom stereocenters. The molecule has 0 aromatic rings. The van der Waals surface area contributed by atoms with Crippen LogP contribution < -0.4 is 0 Å². The van der Waals surface area contributed by atoms with Gasteiger partial charge < -0.3 is 0 Å². The lowest BCUT2D eigenvalue weighted by molar-refractivity contribution is 0.149. The van der Waals surface area contributed by atoms with E-state index in [1.165, 1.54) is 64.2 Å². The Bertz CT molecular complexity index is 260. The molecule has 0 bridgehead atoms. The van der Waals surface area contributed by atoms with Gasteiger partial charge in [-0.25, -0.2) is 0 Å². The minimum absolute atomic E-state index is 1.02. The second-order valence-electron chi connectivity index (χ2n) is 8.95. The first-order valence-corrected chi connectivity index (χ1v) is 10.7. The van der Waals surface area contributed by atoms with Crippen molar-refractivity contribution < 1.29 is 0 Å². The first-order valence-electron chi connectivity index (χ1n) is 10.7. The van der Waals surface area contributed by atoms with Crippen molar-refractivity contribution in [3.63, 3.8) is 0 Å². The van der Waals surface area contributed by atoms with E-state index >= 15 is 0 Å². The molecule has 3 saturated carbocycles.